The minimum absolute atomic E-state index is 0.0671. The third-order valence-corrected chi connectivity index (χ3v) is 9.17. The number of nitrogens with zero attached hydrogens (tertiary/aromatic N) is 2. The lowest BCUT2D eigenvalue weighted by molar-refractivity contribution is -0.274. The molecule has 2 aromatic rings. The van der Waals surface area contributed by atoms with E-state index >= 15 is 0 Å². The molecule has 3 aliphatic rings. The summed E-state index contributed by atoms with van der Waals surface area (Å²) in [5, 5.41) is 63.5. The average Bonchev–Trinajstić information content (AvgIpc) is 3.64. The lowest BCUT2D eigenvalue weighted by atomic mass is 9.83. The molecule has 0 bridgehead atoms. The van der Waals surface area contributed by atoms with Crippen LogP contribution in [0.3, 0.4) is 0 Å². The second-order valence-corrected chi connectivity index (χ2v) is 12.1. The monoisotopic (exact) mass is 655 g/mol. The second-order valence-electron chi connectivity index (χ2n) is 12.1. The number of methoxy groups -OCH3 is 1. The van der Waals surface area contributed by atoms with Gasteiger partial charge in [-0.3, -0.25) is 14.4 Å². The van der Waals surface area contributed by atoms with E-state index in [0.717, 1.165) is 12.8 Å². The number of fused-ring (bicyclic) bond motifs is 1. The van der Waals surface area contributed by atoms with Crippen LogP contribution in [0.2, 0.25) is 0 Å². The van der Waals surface area contributed by atoms with E-state index in [-0.39, 0.29) is 31.5 Å². The van der Waals surface area contributed by atoms with Crippen molar-refractivity contribution in [3.05, 3.63) is 65.7 Å². The van der Waals surface area contributed by atoms with E-state index in [9.17, 15) is 45.0 Å². The van der Waals surface area contributed by atoms with Crippen LogP contribution in [0, 0.1) is 5.92 Å². The van der Waals surface area contributed by atoms with Crippen LogP contribution in [0.1, 0.15) is 37.3 Å². The van der Waals surface area contributed by atoms with Gasteiger partial charge in [-0.1, -0.05) is 31.2 Å². The highest BCUT2D eigenvalue weighted by Crippen LogP contribution is 2.47. The number of aliphatic hydroxyl groups excluding tert-OH is 5. The Labute approximate surface area is 271 Å². The first-order chi connectivity index (χ1) is 22.4. The van der Waals surface area contributed by atoms with Gasteiger partial charge in [0.25, 0.3) is 11.8 Å². The van der Waals surface area contributed by atoms with E-state index in [0.29, 0.717) is 34.8 Å². The molecule has 8 atom stereocenters. The van der Waals surface area contributed by atoms with Crippen LogP contribution in [0.25, 0.3) is 0 Å². The molecule has 0 radical (unpaired) electrons. The zero-order valence-electron chi connectivity index (χ0n) is 26.1. The third-order valence-electron chi connectivity index (χ3n) is 9.17. The van der Waals surface area contributed by atoms with Gasteiger partial charge in [0, 0.05) is 30.1 Å². The molecule has 5 rings (SSSR count). The molecular formula is C33H41N3O11. The van der Waals surface area contributed by atoms with Gasteiger partial charge >= 0.3 is 0 Å². The van der Waals surface area contributed by atoms with Crippen LogP contribution in [0.15, 0.2) is 54.6 Å². The summed E-state index contributed by atoms with van der Waals surface area (Å²) in [5.41, 5.74) is -0.163. The van der Waals surface area contributed by atoms with Crippen molar-refractivity contribution in [2.75, 3.05) is 30.5 Å². The molecule has 3 amide bonds. The molecule has 2 saturated heterocycles. The highest BCUT2D eigenvalue weighted by atomic mass is 16.6. The molecule has 2 aromatic carbocycles. The number of ether oxygens (including phenoxy) is 2. The number of nitrogens with one attached hydrogen (secondary N) is 1. The van der Waals surface area contributed by atoms with Crippen molar-refractivity contribution in [2.45, 2.75) is 75.1 Å². The Morgan fingerprint density at radius 2 is 1.83 bits per heavy atom. The number of hydrogen-bond acceptors (Lipinski definition) is 11. The Hall–Kier alpha value is -3.89. The van der Waals surface area contributed by atoms with Crippen molar-refractivity contribution in [1.82, 2.24) is 4.90 Å². The Morgan fingerprint density at radius 3 is 2.51 bits per heavy atom. The molecule has 14 nitrogen and oxygen atoms in total. The van der Waals surface area contributed by atoms with Crippen molar-refractivity contribution < 1.29 is 54.5 Å². The summed E-state index contributed by atoms with van der Waals surface area (Å²) in [6.45, 7) is 2.26. The number of carbonyl (C=O) groups is 3. The summed E-state index contributed by atoms with van der Waals surface area (Å²) in [6.07, 6.45) is -3.88. The van der Waals surface area contributed by atoms with Crippen LogP contribution in [-0.4, -0.2) is 110 Å². The molecule has 0 aliphatic carbocycles. The lowest BCUT2D eigenvalue weighted by Crippen LogP contribution is -2.60. The van der Waals surface area contributed by atoms with Gasteiger partial charge in [0.2, 0.25) is 5.91 Å². The molecule has 14 heteroatoms. The summed E-state index contributed by atoms with van der Waals surface area (Å²) in [5.74, 6) is -1.82. The van der Waals surface area contributed by atoms with E-state index in [2.05, 4.69) is 5.32 Å². The van der Waals surface area contributed by atoms with Gasteiger partial charge in [-0.25, -0.2) is 0 Å². The van der Waals surface area contributed by atoms with Gasteiger partial charge in [0.05, 0.1) is 32.0 Å². The number of carbonyl (C=O) groups excluding carboxylic acids is 3. The Morgan fingerprint density at radius 1 is 1.11 bits per heavy atom. The summed E-state index contributed by atoms with van der Waals surface area (Å²) < 4.78 is 10.3. The van der Waals surface area contributed by atoms with E-state index < -0.39 is 54.0 Å². The van der Waals surface area contributed by atoms with Crippen molar-refractivity contribution in [1.29, 1.82) is 0 Å². The van der Waals surface area contributed by atoms with Crippen LogP contribution < -0.4 is 15.0 Å². The highest BCUT2D eigenvalue weighted by molar-refractivity contribution is 6.07. The maximum absolute atomic E-state index is 14.0. The topological polar surface area (TPSA) is 210 Å². The summed E-state index contributed by atoms with van der Waals surface area (Å²) >= 11 is 0. The first-order valence-electron chi connectivity index (χ1n) is 15.5. The molecule has 3 heterocycles. The number of anilines is 2. The number of benzene rings is 2. The number of aliphatic hydroxyl groups is 6. The van der Waals surface area contributed by atoms with Crippen LogP contribution in [-0.2, 0) is 31.3 Å². The molecule has 0 aromatic heterocycles. The first-order valence-corrected chi connectivity index (χ1v) is 15.5. The van der Waals surface area contributed by atoms with Gasteiger partial charge in [0.1, 0.15) is 24.1 Å². The van der Waals surface area contributed by atoms with Gasteiger partial charge < -0.3 is 55.2 Å². The smallest absolute Gasteiger partial charge is 0.264 e. The summed E-state index contributed by atoms with van der Waals surface area (Å²) in [6, 6.07) is 11.2. The van der Waals surface area contributed by atoms with Crippen molar-refractivity contribution in [3.63, 3.8) is 0 Å². The molecule has 0 saturated carbocycles. The van der Waals surface area contributed by atoms with E-state index in [1.807, 2.05) is 0 Å². The number of likely N-dealkylation sites (tertiary alicyclic amines) is 1. The number of amides is 3. The SMILES string of the molecule is COc1ccc2c(c1)[C@@](O)([C@H](C)/C=C/CC(=O)N1CCC[C@H]1CO)C(=O)N2Cc1ccc(NC(=O)[C@H]2O[C@@H](O)[C@H](O)[C@@H](O)[C@@H]2O)cc1. The fourth-order valence-electron chi connectivity index (χ4n) is 6.36. The normalized spacial score (nSPS) is 29.7. The van der Waals surface area contributed by atoms with Crippen LogP contribution in [0.4, 0.5) is 11.4 Å². The molecule has 7 N–H and O–H groups in total. The number of hydrogen-bond donors (Lipinski definition) is 7. The maximum Gasteiger partial charge on any atom is 0.264 e. The van der Waals surface area contributed by atoms with Gasteiger partial charge in [-0.15, -0.1) is 0 Å². The molecular weight excluding hydrogens is 614 g/mol. The molecule has 2 fully saturated rings. The average molecular weight is 656 g/mol. The zero-order chi connectivity index (χ0) is 34.0. The predicted molar refractivity (Wildman–Crippen MR) is 167 cm³/mol. The largest absolute Gasteiger partial charge is 0.497 e. The van der Waals surface area contributed by atoms with Gasteiger partial charge in [-0.2, -0.15) is 0 Å². The molecule has 3 aliphatic heterocycles. The Balaban J connectivity index is 1.29. The summed E-state index contributed by atoms with van der Waals surface area (Å²) in [7, 11) is 1.48. The Kier molecular flexibility index (Phi) is 10.3. The van der Waals surface area contributed by atoms with E-state index in [1.54, 1.807) is 66.4 Å². The minimum atomic E-state index is -1.96. The minimum Gasteiger partial charge on any atom is -0.497 e. The molecule has 47 heavy (non-hydrogen) atoms. The fraction of sp³-hybridized carbons (Fsp3) is 0.485. The maximum atomic E-state index is 14.0. The van der Waals surface area contributed by atoms with Gasteiger partial charge in [0.15, 0.2) is 18.0 Å². The lowest BCUT2D eigenvalue weighted by Gasteiger charge is -2.37. The predicted octanol–water partition coefficient (Wildman–Crippen LogP) is -0.266. The highest BCUT2D eigenvalue weighted by Gasteiger charge is 2.53. The van der Waals surface area contributed by atoms with Gasteiger partial charge in [-0.05, 0) is 48.7 Å². The molecule has 0 unspecified atom stereocenters. The Bertz CT molecular complexity index is 1500. The molecule has 254 valence electrons. The van der Waals surface area contributed by atoms with Crippen LogP contribution >= 0.6 is 0 Å². The fourth-order valence-corrected chi connectivity index (χ4v) is 6.36. The standard InChI is InChI=1S/C33H41N3O11/c1-18(5-3-7-25(38)35-14-4-6-21(35)17-37)33(45)23-15-22(46-2)12-13-24(23)36(32(33)44)16-19-8-10-20(11-9-19)34-30(42)29-27(40)26(39)28(41)31(43)47-29/h3,5,8-13,15,18,21,26-29,31,37,39-41,43,45H,4,6-7,14,16-17H2,1-2H3,(H,34,42)/b5-3+/t18-,21+,26+,27+,28-,29+,31-,33+/m1/s1. The first kappa shape index (κ1) is 34.4. The molecule has 0 spiro atoms. The van der Waals surface area contributed by atoms with E-state index in [1.165, 1.54) is 12.0 Å². The number of rotatable bonds is 10. The van der Waals surface area contributed by atoms with Crippen molar-refractivity contribution in [2.24, 2.45) is 5.92 Å². The quantitative estimate of drug-likeness (QED) is 0.166. The van der Waals surface area contributed by atoms with Crippen molar-refractivity contribution >= 4 is 29.1 Å². The summed E-state index contributed by atoms with van der Waals surface area (Å²) in [4.78, 5) is 42.5. The third kappa shape index (κ3) is 6.63. The second kappa shape index (κ2) is 14.1. The van der Waals surface area contributed by atoms with E-state index in [4.69, 9.17) is 9.47 Å². The van der Waals surface area contributed by atoms with Crippen molar-refractivity contribution in [3.8, 4) is 5.75 Å². The zero-order valence-corrected chi connectivity index (χ0v) is 26.1. The van der Waals surface area contributed by atoms with Crippen LogP contribution in [0.5, 0.6) is 5.75 Å².